The molecule has 24 heavy (non-hydrogen) atoms. The predicted molar refractivity (Wildman–Crippen MR) is 81.5 cm³/mol. The molecule has 1 amide bonds. The van der Waals surface area contributed by atoms with Crippen LogP contribution in [-0.4, -0.2) is 32.5 Å². The standard InChI is InChI=1S/C15H23F3N4O2/c1-10(2)5-8-22-14(24)21-7-6-11(3-4-12(21)20-22)19-13(23)9-15(16,17)18/h10-11H,3-9H2,1-2H3,(H,19,23). The van der Waals surface area contributed by atoms with E-state index in [9.17, 15) is 22.8 Å². The number of rotatable bonds is 5. The molecule has 2 heterocycles. The van der Waals surface area contributed by atoms with Crippen LogP contribution in [0.3, 0.4) is 0 Å². The van der Waals surface area contributed by atoms with Crippen LogP contribution < -0.4 is 11.0 Å². The highest BCUT2D eigenvalue weighted by Crippen LogP contribution is 2.20. The van der Waals surface area contributed by atoms with Crippen molar-refractivity contribution in [3.05, 3.63) is 16.3 Å². The van der Waals surface area contributed by atoms with Crippen LogP contribution in [-0.2, 0) is 24.3 Å². The highest BCUT2D eigenvalue weighted by Gasteiger charge is 2.32. The lowest BCUT2D eigenvalue weighted by Crippen LogP contribution is -2.38. The molecule has 136 valence electrons. The van der Waals surface area contributed by atoms with Gasteiger partial charge in [0.05, 0.1) is 0 Å². The van der Waals surface area contributed by atoms with Crippen LogP contribution in [0.1, 0.15) is 45.4 Å². The highest BCUT2D eigenvalue weighted by atomic mass is 19.4. The molecule has 1 aliphatic rings. The topological polar surface area (TPSA) is 68.9 Å². The first kappa shape index (κ1) is 18.5. The second-order valence-corrected chi connectivity index (χ2v) is 6.64. The Balaban J connectivity index is 1.96. The summed E-state index contributed by atoms with van der Waals surface area (Å²) in [6.07, 6.45) is -3.77. The number of hydrogen-bond donors (Lipinski definition) is 1. The summed E-state index contributed by atoms with van der Waals surface area (Å²) in [5, 5.41) is 6.74. The quantitative estimate of drug-likeness (QED) is 0.883. The molecule has 0 fully saturated rings. The molecule has 0 aromatic carbocycles. The van der Waals surface area contributed by atoms with Gasteiger partial charge >= 0.3 is 11.9 Å². The van der Waals surface area contributed by atoms with E-state index in [2.05, 4.69) is 24.3 Å². The second-order valence-electron chi connectivity index (χ2n) is 6.64. The Bertz CT molecular complexity index is 634. The Hall–Kier alpha value is -1.80. The first-order valence-corrected chi connectivity index (χ1v) is 8.18. The number of carbonyl (C=O) groups is 1. The van der Waals surface area contributed by atoms with E-state index in [0.717, 1.165) is 6.42 Å². The Morgan fingerprint density at radius 1 is 1.38 bits per heavy atom. The summed E-state index contributed by atoms with van der Waals surface area (Å²) >= 11 is 0. The zero-order valence-electron chi connectivity index (χ0n) is 13.9. The number of nitrogens with zero attached hydrogens (tertiary/aromatic N) is 3. The average Bonchev–Trinajstić information content (AvgIpc) is 2.60. The third-order valence-electron chi connectivity index (χ3n) is 4.06. The van der Waals surface area contributed by atoms with E-state index in [1.54, 1.807) is 4.57 Å². The van der Waals surface area contributed by atoms with Crippen LogP contribution in [0.15, 0.2) is 4.79 Å². The maximum Gasteiger partial charge on any atom is 0.397 e. The van der Waals surface area contributed by atoms with Crippen molar-refractivity contribution >= 4 is 5.91 Å². The van der Waals surface area contributed by atoms with E-state index < -0.39 is 18.5 Å². The minimum absolute atomic E-state index is 0.187. The van der Waals surface area contributed by atoms with Crippen molar-refractivity contribution in [3.63, 3.8) is 0 Å². The van der Waals surface area contributed by atoms with Crippen LogP contribution in [0.4, 0.5) is 13.2 Å². The predicted octanol–water partition coefficient (Wildman–Crippen LogP) is 1.86. The maximum absolute atomic E-state index is 12.3. The molecule has 9 heteroatoms. The third-order valence-corrected chi connectivity index (χ3v) is 4.06. The van der Waals surface area contributed by atoms with Gasteiger partial charge in [-0.05, 0) is 25.2 Å². The molecule has 1 atom stereocenters. The number of amides is 1. The number of alkyl halides is 3. The molecule has 0 saturated heterocycles. The number of aromatic nitrogens is 3. The fourth-order valence-electron chi connectivity index (χ4n) is 2.76. The van der Waals surface area contributed by atoms with Gasteiger partial charge in [0.15, 0.2) is 0 Å². The first-order chi connectivity index (χ1) is 11.2. The molecular formula is C15H23F3N4O2. The molecule has 2 rings (SSSR count). The average molecular weight is 348 g/mol. The van der Waals surface area contributed by atoms with E-state index >= 15 is 0 Å². The summed E-state index contributed by atoms with van der Waals surface area (Å²) in [6, 6.07) is -0.370. The van der Waals surface area contributed by atoms with Crippen LogP contribution in [0.25, 0.3) is 0 Å². The number of halogens is 3. The zero-order chi connectivity index (χ0) is 17.9. The molecule has 1 aliphatic heterocycles. The monoisotopic (exact) mass is 348 g/mol. The van der Waals surface area contributed by atoms with Gasteiger partial charge in [0.25, 0.3) is 0 Å². The molecule has 0 spiro atoms. The molecule has 0 aliphatic carbocycles. The smallest absolute Gasteiger partial charge is 0.353 e. The second kappa shape index (κ2) is 7.40. The van der Waals surface area contributed by atoms with Gasteiger partial charge in [0.2, 0.25) is 5.91 Å². The lowest BCUT2D eigenvalue weighted by molar-refractivity contribution is -0.154. The van der Waals surface area contributed by atoms with E-state index in [1.165, 1.54) is 4.68 Å². The summed E-state index contributed by atoms with van der Waals surface area (Å²) in [7, 11) is 0. The van der Waals surface area contributed by atoms with Gasteiger partial charge in [0.1, 0.15) is 12.2 Å². The Morgan fingerprint density at radius 2 is 2.08 bits per heavy atom. The van der Waals surface area contributed by atoms with Gasteiger partial charge in [0, 0.05) is 25.6 Å². The summed E-state index contributed by atoms with van der Waals surface area (Å²) in [6.45, 7) is 5.05. The van der Waals surface area contributed by atoms with Crippen LogP contribution >= 0.6 is 0 Å². The van der Waals surface area contributed by atoms with E-state index in [-0.39, 0.29) is 11.7 Å². The normalized spacial score (nSPS) is 18.3. The summed E-state index contributed by atoms with van der Waals surface area (Å²) < 4.78 is 39.7. The Kier molecular flexibility index (Phi) is 5.71. The first-order valence-electron chi connectivity index (χ1n) is 8.18. The van der Waals surface area contributed by atoms with Crippen molar-refractivity contribution in [3.8, 4) is 0 Å². The van der Waals surface area contributed by atoms with Crippen LogP contribution in [0.5, 0.6) is 0 Å². The van der Waals surface area contributed by atoms with Crippen molar-refractivity contribution in [1.29, 1.82) is 0 Å². The minimum Gasteiger partial charge on any atom is -0.353 e. The largest absolute Gasteiger partial charge is 0.397 e. The number of aryl methyl sites for hydroxylation is 2. The van der Waals surface area contributed by atoms with Gasteiger partial charge in [-0.15, -0.1) is 0 Å². The van der Waals surface area contributed by atoms with Gasteiger partial charge in [-0.3, -0.25) is 9.36 Å². The lowest BCUT2D eigenvalue weighted by Gasteiger charge is -2.16. The molecule has 1 aromatic heterocycles. The van der Waals surface area contributed by atoms with E-state index in [1.807, 2.05) is 0 Å². The SMILES string of the molecule is CC(C)CCn1nc2n(c1=O)CCC(NC(=O)CC(F)(F)F)CC2. The number of fused-ring (bicyclic) bond motifs is 1. The number of carbonyl (C=O) groups excluding carboxylic acids is 1. The third kappa shape index (κ3) is 5.10. The molecule has 0 saturated carbocycles. The van der Waals surface area contributed by atoms with Crippen molar-refractivity contribution in [2.75, 3.05) is 0 Å². The van der Waals surface area contributed by atoms with Crippen molar-refractivity contribution in [2.45, 2.75) is 71.3 Å². The van der Waals surface area contributed by atoms with E-state index in [0.29, 0.717) is 44.1 Å². The molecular weight excluding hydrogens is 325 g/mol. The summed E-state index contributed by atoms with van der Waals surface area (Å²) in [5.74, 6) is 0.0735. The van der Waals surface area contributed by atoms with Crippen molar-refractivity contribution < 1.29 is 18.0 Å². The van der Waals surface area contributed by atoms with Crippen LogP contribution in [0.2, 0.25) is 0 Å². The number of hydrogen-bond acceptors (Lipinski definition) is 3. The fourth-order valence-corrected chi connectivity index (χ4v) is 2.76. The summed E-state index contributed by atoms with van der Waals surface area (Å²) in [5.41, 5.74) is -0.187. The van der Waals surface area contributed by atoms with Crippen molar-refractivity contribution in [1.82, 2.24) is 19.7 Å². The van der Waals surface area contributed by atoms with E-state index in [4.69, 9.17) is 0 Å². The highest BCUT2D eigenvalue weighted by molar-refractivity contribution is 5.76. The molecule has 1 aromatic rings. The van der Waals surface area contributed by atoms with Gasteiger partial charge in [-0.2, -0.15) is 18.3 Å². The Morgan fingerprint density at radius 3 is 2.71 bits per heavy atom. The summed E-state index contributed by atoms with van der Waals surface area (Å²) in [4.78, 5) is 23.7. The molecule has 1 N–H and O–H groups in total. The van der Waals surface area contributed by atoms with Gasteiger partial charge in [-0.25, -0.2) is 9.48 Å². The maximum atomic E-state index is 12.3. The van der Waals surface area contributed by atoms with Crippen LogP contribution in [0, 0.1) is 5.92 Å². The van der Waals surface area contributed by atoms with Crippen molar-refractivity contribution in [2.24, 2.45) is 5.92 Å². The Labute approximate surface area is 138 Å². The fraction of sp³-hybridized carbons (Fsp3) is 0.800. The molecule has 6 nitrogen and oxygen atoms in total. The molecule has 1 unspecified atom stereocenters. The molecule has 0 bridgehead atoms. The lowest BCUT2D eigenvalue weighted by atomic mass is 10.1. The molecule has 0 radical (unpaired) electrons. The van der Waals surface area contributed by atoms with Gasteiger partial charge in [-0.1, -0.05) is 13.8 Å². The zero-order valence-corrected chi connectivity index (χ0v) is 13.9. The minimum atomic E-state index is -4.51. The number of nitrogens with one attached hydrogen (secondary N) is 1. The van der Waals surface area contributed by atoms with Gasteiger partial charge < -0.3 is 5.32 Å².